The molecule has 2 heterocycles. The molecule has 8 heteroatoms. The molecule has 0 aliphatic rings. The SMILES string of the molecule is CCc1cccc(-n2nc(C(F)(F)F)cc2O)n1.[Ir]. The van der Waals surface area contributed by atoms with Crippen molar-refractivity contribution < 1.29 is 38.4 Å². The molecule has 0 spiro atoms. The number of pyridine rings is 1. The minimum Gasteiger partial charge on any atom is -0.493 e. The molecule has 1 N–H and O–H groups in total. The molecule has 105 valence electrons. The molecule has 2 aromatic heterocycles. The zero-order chi connectivity index (χ0) is 13.3. The van der Waals surface area contributed by atoms with Crippen molar-refractivity contribution in [1.82, 2.24) is 14.8 Å². The monoisotopic (exact) mass is 450 g/mol. The number of aryl methyl sites for hydroxylation is 1. The zero-order valence-corrected chi connectivity index (χ0v) is 12.2. The molecule has 0 aliphatic carbocycles. The van der Waals surface area contributed by atoms with E-state index in [2.05, 4.69) is 10.1 Å². The Bertz CT molecular complexity index is 569. The van der Waals surface area contributed by atoms with Gasteiger partial charge in [-0.1, -0.05) is 13.0 Å². The van der Waals surface area contributed by atoms with Crippen LogP contribution in [0.25, 0.3) is 5.82 Å². The third kappa shape index (κ3) is 3.33. The van der Waals surface area contributed by atoms with Gasteiger partial charge in [-0.2, -0.15) is 23.0 Å². The van der Waals surface area contributed by atoms with Gasteiger partial charge in [-0.05, 0) is 18.6 Å². The van der Waals surface area contributed by atoms with Crippen LogP contribution in [-0.4, -0.2) is 19.9 Å². The van der Waals surface area contributed by atoms with Crippen LogP contribution >= 0.6 is 0 Å². The van der Waals surface area contributed by atoms with E-state index in [-0.39, 0.29) is 25.9 Å². The Morgan fingerprint density at radius 3 is 2.53 bits per heavy atom. The summed E-state index contributed by atoms with van der Waals surface area (Å²) in [5.74, 6) is -0.439. The molecule has 0 unspecified atom stereocenters. The molecule has 4 nitrogen and oxygen atoms in total. The molecule has 0 bridgehead atoms. The number of aromatic hydroxyl groups is 1. The normalized spacial score (nSPS) is 11.2. The number of aromatic nitrogens is 3. The van der Waals surface area contributed by atoms with E-state index in [1.165, 1.54) is 6.07 Å². The van der Waals surface area contributed by atoms with E-state index >= 15 is 0 Å². The minimum absolute atomic E-state index is 0. The molecule has 0 aromatic carbocycles. The van der Waals surface area contributed by atoms with Crippen molar-refractivity contribution in [2.24, 2.45) is 0 Å². The first-order valence-corrected chi connectivity index (χ1v) is 5.24. The van der Waals surface area contributed by atoms with Crippen molar-refractivity contribution in [3.8, 4) is 11.7 Å². The minimum atomic E-state index is -4.59. The molecule has 2 aromatic rings. The maximum atomic E-state index is 12.4. The molecule has 0 saturated carbocycles. The van der Waals surface area contributed by atoms with Crippen molar-refractivity contribution >= 4 is 0 Å². The molecule has 19 heavy (non-hydrogen) atoms. The second kappa shape index (κ2) is 5.71. The quantitative estimate of drug-likeness (QED) is 0.767. The Balaban J connectivity index is 0.00000180. The van der Waals surface area contributed by atoms with Gasteiger partial charge in [0.2, 0.25) is 5.88 Å². The predicted octanol–water partition coefficient (Wildman–Crippen LogP) is 2.55. The van der Waals surface area contributed by atoms with E-state index in [1.807, 2.05) is 6.92 Å². The second-order valence-electron chi connectivity index (χ2n) is 3.64. The van der Waals surface area contributed by atoms with Crippen LogP contribution in [0.4, 0.5) is 13.2 Å². The van der Waals surface area contributed by atoms with Crippen LogP contribution in [0, 0.1) is 0 Å². The fourth-order valence-electron chi connectivity index (χ4n) is 1.46. The van der Waals surface area contributed by atoms with Crippen LogP contribution < -0.4 is 0 Å². The number of rotatable bonds is 2. The first kappa shape index (κ1) is 15.7. The molecular weight excluding hydrogens is 439 g/mol. The molecular formula is C11H10F3IrN3O. The molecule has 0 saturated heterocycles. The molecule has 1 radical (unpaired) electrons. The van der Waals surface area contributed by atoms with Gasteiger partial charge in [0.05, 0.1) is 0 Å². The topological polar surface area (TPSA) is 50.9 Å². The van der Waals surface area contributed by atoms with Gasteiger partial charge in [0.1, 0.15) is 0 Å². The van der Waals surface area contributed by atoms with Gasteiger partial charge < -0.3 is 5.11 Å². The summed E-state index contributed by atoms with van der Waals surface area (Å²) in [6.45, 7) is 1.87. The summed E-state index contributed by atoms with van der Waals surface area (Å²) < 4.78 is 38.1. The van der Waals surface area contributed by atoms with E-state index in [0.29, 0.717) is 18.2 Å². The Labute approximate surface area is 120 Å². The number of hydrogen-bond donors (Lipinski definition) is 1. The van der Waals surface area contributed by atoms with Crippen LogP contribution in [0.2, 0.25) is 0 Å². The van der Waals surface area contributed by atoms with Crippen molar-refractivity contribution in [1.29, 1.82) is 0 Å². The van der Waals surface area contributed by atoms with Crippen molar-refractivity contribution in [3.63, 3.8) is 0 Å². The fraction of sp³-hybridized carbons (Fsp3) is 0.273. The predicted molar refractivity (Wildman–Crippen MR) is 57.4 cm³/mol. The molecule has 0 fully saturated rings. The second-order valence-corrected chi connectivity index (χ2v) is 3.64. The number of hydrogen-bond acceptors (Lipinski definition) is 3. The Morgan fingerprint density at radius 1 is 1.32 bits per heavy atom. The van der Waals surface area contributed by atoms with Crippen molar-refractivity contribution in [3.05, 3.63) is 35.7 Å². The number of alkyl halides is 3. The van der Waals surface area contributed by atoms with Crippen LogP contribution in [0.1, 0.15) is 18.3 Å². The van der Waals surface area contributed by atoms with Gasteiger partial charge in [-0.25, -0.2) is 4.98 Å². The van der Waals surface area contributed by atoms with E-state index in [0.717, 1.165) is 4.68 Å². The van der Waals surface area contributed by atoms with Gasteiger partial charge >= 0.3 is 6.18 Å². The average Bonchev–Trinajstić information content (AvgIpc) is 2.71. The van der Waals surface area contributed by atoms with E-state index in [1.54, 1.807) is 12.1 Å². The Morgan fingerprint density at radius 2 is 2.00 bits per heavy atom. The number of nitrogens with zero attached hydrogens (tertiary/aromatic N) is 3. The smallest absolute Gasteiger partial charge is 0.435 e. The van der Waals surface area contributed by atoms with Crippen LogP contribution in [0.5, 0.6) is 5.88 Å². The first-order valence-electron chi connectivity index (χ1n) is 5.24. The van der Waals surface area contributed by atoms with E-state index < -0.39 is 17.8 Å². The standard InChI is InChI=1S/C11H10F3N3O.Ir/c1-2-7-4-3-5-9(15-7)17-10(18)6-8(16-17)11(12,13)14;/h3-6,18H,2H2,1H3;. The third-order valence-corrected chi connectivity index (χ3v) is 2.35. The zero-order valence-electron chi connectivity index (χ0n) is 9.77. The Kier molecular flexibility index (Phi) is 4.70. The summed E-state index contributed by atoms with van der Waals surface area (Å²) in [5.41, 5.74) is -0.445. The third-order valence-electron chi connectivity index (χ3n) is 2.35. The maximum absolute atomic E-state index is 12.4. The van der Waals surface area contributed by atoms with Gasteiger partial charge in [-0.3, -0.25) is 0 Å². The van der Waals surface area contributed by atoms with Crippen molar-refractivity contribution in [2.45, 2.75) is 19.5 Å². The summed E-state index contributed by atoms with van der Waals surface area (Å²) in [6.07, 6.45) is -3.95. The molecule has 0 atom stereocenters. The largest absolute Gasteiger partial charge is 0.493 e. The van der Waals surface area contributed by atoms with Gasteiger partial charge in [0, 0.05) is 31.9 Å². The Hall–Kier alpha value is -1.40. The van der Waals surface area contributed by atoms with Gasteiger partial charge in [0.25, 0.3) is 0 Å². The first-order chi connectivity index (χ1) is 8.41. The fourth-order valence-corrected chi connectivity index (χ4v) is 1.46. The van der Waals surface area contributed by atoms with Crippen LogP contribution in [0.3, 0.4) is 0 Å². The van der Waals surface area contributed by atoms with Gasteiger partial charge in [0.15, 0.2) is 11.5 Å². The van der Waals surface area contributed by atoms with E-state index in [9.17, 15) is 18.3 Å². The molecule has 0 aliphatic heterocycles. The summed E-state index contributed by atoms with van der Waals surface area (Å²) in [4.78, 5) is 4.09. The average molecular weight is 449 g/mol. The van der Waals surface area contributed by atoms with Crippen LogP contribution in [0.15, 0.2) is 24.3 Å². The summed E-state index contributed by atoms with van der Waals surface area (Å²) in [5, 5.41) is 12.8. The summed E-state index contributed by atoms with van der Waals surface area (Å²) in [7, 11) is 0. The van der Waals surface area contributed by atoms with Gasteiger partial charge in [-0.15, -0.1) is 0 Å². The number of halogens is 3. The van der Waals surface area contributed by atoms with E-state index in [4.69, 9.17) is 0 Å². The molecule has 0 amide bonds. The van der Waals surface area contributed by atoms with Crippen LogP contribution in [-0.2, 0) is 32.7 Å². The summed E-state index contributed by atoms with van der Waals surface area (Å²) in [6, 6.07) is 5.44. The maximum Gasteiger partial charge on any atom is 0.435 e. The van der Waals surface area contributed by atoms with Crippen molar-refractivity contribution in [2.75, 3.05) is 0 Å². The summed E-state index contributed by atoms with van der Waals surface area (Å²) >= 11 is 0. The molecule has 2 rings (SSSR count).